The maximum absolute atomic E-state index is 11.4. The molecule has 0 radical (unpaired) electrons. The molecule has 0 spiro atoms. The number of aromatic nitrogens is 3. The summed E-state index contributed by atoms with van der Waals surface area (Å²) in [6, 6.07) is 7.93. The molecule has 1 heterocycles. The molecule has 5 nitrogen and oxygen atoms in total. The van der Waals surface area contributed by atoms with Gasteiger partial charge in [-0.3, -0.25) is 0 Å². The van der Waals surface area contributed by atoms with Gasteiger partial charge < -0.3 is 4.74 Å². The number of ether oxygens (including phenoxy) is 1. The van der Waals surface area contributed by atoms with Crippen molar-refractivity contribution in [3.8, 4) is 11.4 Å². The molecule has 5 heteroatoms. The normalized spacial score (nSPS) is 11.2. The van der Waals surface area contributed by atoms with Gasteiger partial charge in [-0.15, -0.1) is 5.10 Å². The predicted octanol–water partition coefficient (Wildman–Crippen LogP) is 2.68. The van der Waals surface area contributed by atoms with E-state index in [0.29, 0.717) is 5.82 Å². The van der Waals surface area contributed by atoms with E-state index in [1.807, 2.05) is 31.2 Å². The van der Waals surface area contributed by atoms with Crippen LogP contribution in [0.25, 0.3) is 17.6 Å². The standard InChI is InChI=1S/C15H17N3O2/c1-11(2)20-14(19)7-8-18-10-16-15(17-18)13-6-4-5-12(3)9-13/h4-11H,1-3H3. The summed E-state index contributed by atoms with van der Waals surface area (Å²) in [5.41, 5.74) is 2.09. The zero-order valence-electron chi connectivity index (χ0n) is 11.8. The van der Waals surface area contributed by atoms with Crippen LogP contribution in [0.5, 0.6) is 0 Å². The van der Waals surface area contributed by atoms with Crippen molar-refractivity contribution in [2.24, 2.45) is 0 Å². The Morgan fingerprint density at radius 3 is 2.90 bits per heavy atom. The molecule has 104 valence electrons. The van der Waals surface area contributed by atoms with Crippen molar-refractivity contribution in [3.63, 3.8) is 0 Å². The fourth-order valence-electron chi connectivity index (χ4n) is 1.67. The fraction of sp³-hybridized carbons (Fsp3) is 0.267. The van der Waals surface area contributed by atoms with Crippen LogP contribution in [0.2, 0.25) is 0 Å². The van der Waals surface area contributed by atoms with Crippen LogP contribution in [0.15, 0.2) is 36.7 Å². The Labute approximate surface area is 117 Å². The highest BCUT2D eigenvalue weighted by Crippen LogP contribution is 2.15. The second kappa shape index (κ2) is 6.14. The predicted molar refractivity (Wildman–Crippen MR) is 76.8 cm³/mol. The molecule has 2 rings (SSSR count). The SMILES string of the molecule is Cc1cccc(-c2ncn(C=CC(=O)OC(C)C)n2)c1. The summed E-state index contributed by atoms with van der Waals surface area (Å²) in [5.74, 6) is 0.225. The molecule has 0 aliphatic heterocycles. The molecule has 0 saturated heterocycles. The minimum Gasteiger partial charge on any atom is -0.460 e. The molecular weight excluding hydrogens is 254 g/mol. The van der Waals surface area contributed by atoms with Crippen molar-refractivity contribution < 1.29 is 9.53 Å². The van der Waals surface area contributed by atoms with Crippen molar-refractivity contribution in [2.75, 3.05) is 0 Å². The number of nitrogens with zero attached hydrogens (tertiary/aromatic N) is 3. The van der Waals surface area contributed by atoms with E-state index in [1.165, 1.54) is 17.0 Å². The third kappa shape index (κ3) is 3.78. The van der Waals surface area contributed by atoms with Gasteiger partial charge in [0.05, 0.1) is 6.10 Å². The van der Waals surface area contributed by atoms with E-state index in [2.05, 4.69) is 10.1 Å². The van der Waals surface area contributed by atoms with Gasteiger partial charge in [-0.2, -0.15) is 0 Å². The number of rotatable bonds is 4. The molecule has 0 unspecified atom stereocenters. The van der Waals surface area contributed by atoms with E-state index in [1.54, 1.807) is 20.2 Å². The van der Waals surface area contributed by atoms with Crippen LogP contribution in [-0.2, 0) is 9.53 Å². The lowest BCUT2D eigenvalue weighted by Gasteiger charge is -2.03. The number of hydrogen-bond acceptors (Lipinski definition) is 4. The van der Waals surface area contributed by atoms with Gasteiger partial charge in [0, 0.05) is 17.8 Å². The van der Waals surface area contributed by atoms with Crippen LogP contribution in [0.1, 0.15) is 19.4 Å². The van der Waals surface area contributed by atoms with E-state index >= 15 is 0 Å². The van der Waals surface area contributed by atoms with Gasteiger partial charge in [0.2, 0.25) is 0 Å². The average molecular weight is 271 g/mol. The monoisotopic (exact) mass is 271 g/mol. The van der Waals surface area contributed by atoms with E-state index < -0.39 is 5.97 Å². The van der Waals surface area contributed by atoms with Crippen LogP contribution in [0.4, 0.5) is 0 Å². The summed E-state index contributed by atoms with van der Waals surface area (Å²) >= 11 is 0. The lowest BCUT2D eigenvalue weighted by atomic mass is 10.1. The number of carbonyl (C=O) groups excluding carboxylic acids is 1. The summed E-state index contributed by atoms with van der Waals surface area (Å²) in [4.78, 5) is 15.6. The zero-order chi connectivity index (χ0) is 14.5. The Morgan fingerprint density at radius 2 is 2.20 bits per heavy atom. The van der Waals surface area contributed by atoms with Gasteiger partial charge in [0.25, 0.3) is 0 Å². The molecule has 0 saturated carbocycles. The topological polar surface area (TPSA) is 57.0 Å². The molecule has 0 bridgehead atoms. The second-order valence-corrected chi connectivity index (χ2v) is 4.72. The molecule has 0 N–H and O–H groups in total. The first-order chi connectivity index (χ1) is 9.54. The maximum atomic E-state index is 11.4. The zero-order valence-corrected chi connectivity index (χ0v) is 11.8. The summed E-state index contributed by atoms with van der Waals surface area (Å²) in [7, 11) is 0. The molecule has 0 aliphatic carbocycles. The van der Waals surface area contributed by atoms with Gasteiger partial charge in [-0.25, -0.2) is 14.5 Å². The first-order valence-electron chi connectivity index (χ1n) is 6.41. The largest absolute Gasteiger partial charge is 0.460 e. The van der Waals surface area contributed by atoms with Crippen molar-refractivity contribution in [1.82, 2.24) is 14.8 Å². The molecule has 20 heavy (non-hydrogen) atoms. The van der Waals surface area contributed by atoms with Gasteiger partial charge in [0.1, 0.15) is 6.33 Å². The molecular formula is C15H17N3O2. The Balaban J connectivity index is 2.10. The highest BCUT2D eigenvalue weighted by atomic mass is 16.5. The summed E-state index contributed by atoms with van der Waals surface area (Å²) in [6.45, 7) is 5.62. The van der Waals surface area contributed by atoms with Gasteiger partial charge in [0.15, 0.2) is 5.82 Å². The van der Waals surface area contributed by atoms with Crippen molar-refractivity contribution >= 4 is 12.2 Å². The molecule has 1 aromatic heterocycles. The van der Waals surface area contributed by atoms with Crippen LogP contribution in [0.3, 0.4) is 0 Å². The Bertz CT molecular complexity index is 630. The first-order valence-corrected chi connectivity index (χ1v) is 6.41. The minimum atomic E-state index is -0.396. The number of benzene rings is 1. The second-order valence-electron chi connectivity index (χ2n) is 4.72. The van der Waals surface area contributed by atoms with Crippen LogP contribution in [-0.4, -0.2) is 26.8 Å². The van der Waals surface area contributed by atoms with E-state index in [-0.39, 0.29) is 6.10 Å². The van der Waals surface area contributed by atoms with E-state index in [0.717, 1.165) is 11.1 Å². The lowest BCUT2D eigenvalue weighted by molar-refractivity contribution is -0.141. The Hall–Kier alpha value is -2.43. The van der Waals surface area contributed by atoms with Crippen LogP contribution >= 0.6 is 0 Å². The quantitative estimate of drug-likeness (QED) is 0.633. The molecule has 0 aliphatic rings. The number of carbonyl (C=O) groups is 1. The smallest absolute Gasteiger partial charge is 0.332 e. The summed E-state index contributed by atoms with van der Waals surface area (Å²) in [6.07, 6.45) is 4.27. The van der Waals surface area contributed by atoms with E-state index in [9.17, 15) is 4.79 Å². The Morgan fingerprint density at radius 1 is 1.40 bits per heavy atom. The average Bonchev–Trinajstić information content (AvgIpc) is 2.84. The molecule has 0 atom stereocenters. The summed E-state index contributed by atoms with van der Waals surface area (Å²) in [5, 5.41) is 4.28. The van der Waals surface area contributed by atoms with E-state index in [4.69, 9.17) is 4.74 Å². The molecule has 0 fully saturated rings. The molecule has 2 aromatic rings. The molecule has 0 amide bonds. The highest BCUT2D eigenvalue weighted by Gasteiger charge is 2.04. The lowest BCUT2D eigenvalue weighted by Crippen LogP contribution is -2.08. The number of esters is 1. The number of aryl methyl sites for hydroxylation is 1. The Kier molecular flexibility index (Phi) is 4.30. The first kappa shape index (κ1) is 14.0. The number of hydrogen-bond donors (Lipinski definition) is 0. The molecule has 1 aromatic carbocycles. The fourth-order valence-corrected chi connectivity index (χ4v) is 1.67. The van der Waals surface area contributed by atoms with Gasteiger partial charge in [-0.1, -0.05) is 23.8 Å². The van der Waals surface area contributed by atoms with Gasteiger partial charge in [-0.05, 0) is 26.8 Å². The van der Waals surface area contributed by atoms with Crippen molar-refractivity contribution in [3.05, 3.63) is 42.2 Å². The van der Waals surface area contributed by atoms with Crippen LogP contribution < -0.4 is 0 Å². The summed E-state index contributed by atoms with van der Waals surface area (Å²) < 4.78 is 6.48. The third-order valence-corrected chi connectivity index (χ3v) is 2.50. The van der Waals surface area contributed by atoms with Gasteiger partial charge >= 0.3 is 5.97 Å². The van der Waals surface area contributed by atoms with Crippen LogP contribution in [0, 0.1) is 6.92 Å². The minimum absolute atomic E-state index is 0.134. The van der Waals surface area contributed by atoms with Crippen molar-refractivity contribution in [1.29, 1.82) is 0 Å². The third-order valence-electron chi connectivity index (χ3n) is 2.50. The maximum Gasteiger partial charge on any atom is 0.332 e. The van der Waals surface area contributed by atoms with Crippen molar-refractivity contribution in [2.45, 2.75) is 26.9 Å². The highest BCUT2D eigenvalue weighted by molar-refractivity contribution is 5.85.